The molecule has 3 aromatic rings. The molecule has 0 atom stereocenters. The minimum Gasteiger partial charge on any atom is -0.378 e. The molecular weight excluding hydrogens is 358 g/mol. The first-order chi connectivity index (χ1) is 12.9. The zero-order valence-corrected chi connectivity index (χ0v) is 14.2. The molecule has 13 nitrogen and oxygen atoms in total. The first-order valence-electron chi connectivity index (χ1n) is 7.48. The number of anilines is 1. The average Bonchev–Trinajstić information content (AvgIpc) is 3.24. The van der Waals surface area contributed by atoms with Crippen LogP contribution in [0.2, 0.25) is 0 Å². The Balaban J connectivity index is 1.82. The van der Waals surface area contributed by atoms with Gasteiger partial charge in [-0.3, -0.25) is 14.9 Å². The Morgan fingerprint density at radius 1 is 1.33 bits per heavy atom. The lowest BCUT2D eigenvalue weighted by molar-refractivity contribution is -0.384. The summed E-state index contributed by atoms with van der Waals surface area (Å²) >= 11 is 0. The van der Waals surface area contributed by atoms with Gasteiger partial charge >= 0.3 is 0 Å². The van der Waals surface area contributed by atoms with Crippen LogP contribution in [-0.2, 0) is 0 Å². The Morgan fingerprint density at radius 2 is 2.04 bits per heavy atom. The number of nitrogen functional groups attached to an aromatic ring is 1. The monoisotopic (exact) mass is 371 g/mol. The van der Waals surface area contributed by atoms with E-state index in [0.29, 0.717) is 17.0 Å². The van der Waals surface area contributed by atoms with Crippen molar-refractivity contribution in [1.82, 2.24) is 30.7 Å². The number of benzene rings is 1. The van der Waals surface area contributed by atoms with Crippen LogP contribution in [0.3, 0.4) is 0 Å². The van der Waals surface area contributed by atoms with Crippen LogP contribution >= 0.6 is 0 Å². The van der Waals surface area contributed by atoms with Gasteiger partial charge in [-0.1, -0.05) is 5.21 Å². The number of non-ortho nitro benzene ring substituents is 1. The Morgan fingerprint density at radius 3 is 2.63 bits per heavy atom. The number of carbonyl (C=O) groups is 1. The second kappa shape index (κ2) is 6.99. The van der Waals surface area contributed by atoms with Gasteiger partial charge in [-0.25, -0.2) is 10.1 Å². The third-order valence-electron chi connectivity index (χ3n) is 3.57. The topological polar surface area (TPSA) is 180 Å². The minimum absolute atomic E-state index is 0.0248. The number of nitrogens with zero attached hydrogens (tertiary/aromatic N) is 7. The van der Waals surface area contributed by atoms with Crippen molar-refractivity contribution in [2.24, 2.45) is 5.10 Å². The van der Waals surface area contributed by atoms with E-state index < -0.39 is 10.8 Å². The molecule has 0 saturated heterocycles. The predicted octanol–water partition coefficient (Wildman–Crippen LogP) is 0.603. The summed E-state index contributed by atoms with van der Waals surface area (Å²) in [7, 11) is 0. The summed E-state index contributed by atoms with van der Waals surface area (Å²) in [6.45, 7) is 3.22. The van der Waals surface area contributed by atoms with Crippen molar-refractivity contribution in [2.75, 3.05) is 5.73 Å². The third kappa shape index (κ3) is 3.46. The van der Waals surface area contributed by atoms with E-state index in [1.807, 2.05) is 0 Å². The fourth-order valence-electron chi connectivity index (χ4n) is 2.18. The van der Waals surface area contributed by atoms with E-state index in [1.54, 1.807) is 13.8 Å². The van der Waals surface area contributed by atoms with Gasteiger partial charge < -0.3 is 5.73 Å². The number of aryl methyl sites for hydroxylation is 1. The minimum atomic E-state index is -0.610. The summed E-state index contributed by atoms with van der Waals surface area (Å²) in [5.41, 5.74) is 9.37. The maximum atomic E-state index is 12.5. The highest BCUT2D eigenvalue weighted by Crippen LogP contribution is 2.15. The van der Waals surface area contributed by atoms with Crippen molar-refractivity contribution in [2.45, 2.75) is 13.8 Å². The van der Waals surface area contributed by atoms with Crippen LogP contribution in [-0.4, -0.2) is 41.8 Å². The average molecular weight is 371 g/mol. The molecule has 0 saturated carbocycles. The Hall–Kier alpha value is -4.16. The van der Waals surface area contributed by atoms with Crippen molar-refractivity contribution < 1.29 is 14.3 Å². The summed E-state index contributed by atoms with van der Waals surface area (Å²) < 4.78 is 5.60. The molecule has 0 bridgehead atoms. The zero-order chi connectivity index (χ0) is 19.6. The molecular formula is C14H13N9O4. The van der Waals surface area contributed by atoms with E-state index >= 15 is 0 Å². The lowest BCUT2D eigenvalue weighted by atomic mass is 10.1. The smallest absolute Gasteiger partial charge is 0.292 e. The highest BCUT2D eigenvalue weighted by Gasteiger charge is 2.22. The number of hydrogen-bond donors (Lipinski definition) is 2. The number of amides is 1. The molecule has 2 aromatic heterocycles. The number of hydrazone groups is 1. The van der Waals surface area contributed by atoms with Crippen molar-refractivity contribution in [1.29, 1.82) is 0 Å². The number of nitro benzene ring substituents is 1. The Labute approximate surface area is 151 Å². The van der Waals surface area contributed by atoms with Gasteiger partial charge in [0.15, 0.2) is 5.69 Å². The Bertz CT molecular complexity index is 1040. The van der Waals surface area contributed by atoms with Gasteiger partial charge in [0.25, 0.3) is 11.6 Å². The number of nitro groups is 1. The van der Waals surface area contributed by atoms with Gasteiger partial charge in [0, 0.05) is 12.1 Å². The van der Waals surface area contributed by atoms with Crippen LogP contribution in [0, 0.1) is 17.0 Å². The highest BCUT2D eigenvalue weighted by molar-refractivity contribution is 6.01. The summed E-state index contributed by atoms with van der Waals surface area (Å²) in [4.78, 5) is 22.7. The molecule has 3 rings (SSSR count). The number of hydrogen-bond acceptors (Lipinski definition) is 10. The maximum absolute atomic E-state index is 12.5. The van der Waals surface area contributed by atoms with E-state index in [2.05, 4.69) is 35.8 Å². The van der Waals surface area contributed by atoms with Gasteiger partial charge in [-0.05, 0) is 41.9 Å². The van der Waals surface area contributed by atoms with E-state index in [4.69, 9.17) is 5.73 Å². The van der Waals surface area contributed by atoms with E-state index in [0.717, 1.165) is 4.68 Å². The zero-order valence-electron chi connectivity index (χ0n) is 14.2. The van der Waals surface area contributed by atoms with Gasteiger partial charge in [0.1, 0.15) is 0 Å². The fourth-order valence-corrected chi connectivity index (χ4v) is 2.18. The number of nitrogens with one attached hydrogen (secondary N) is 1. The normalized spacial score (nSPS) is 11.4. The standard InChI is InChI=1S/C14H13N9O4/c1-7(9-3-5-10(6-4-9)23(25)26)16-18-14(24)11-8(2)17-21-22(11)13-12(15)19-27-20-13/h3-6H,1-2H3,(H2,15,19)(H,18,24)/b16-7+. The molecule has 3 N–H and O–H groups in total. The second-order valence-corrected chi connectivity index (χ2v) is 5.35. The number of aromatic nitrogens is 5. The van der Waals surface area contributed by atoms with Crippen LogP contribution in [0.15, 0.2) is 34.0 Å². The van der Waals surface area contributed by atoms with Crippen LogP contribution < -0.4 is 11.2 Å². The molecule has 0 spiro atoms. The highest BCUT2D eigenvalue weighted by atomic mass is 16.6. The van der Waals surface area contributed by atoms with E-state index in [1.165, 1.54) is 24.3 Å². The van der Waals surface area contributed by atoms with Crippen molar-refractivity contribution in [3.05, 3.63) is 51.3 Å². The lowest BCUT2D eigenvalue weighted by Crippen LogP contribution is -2.24. The molecule has 0 aliphatic carbocycles. The predicted molar refractivity (Wildman–Crippen MR) is 91.1 cm³/mol. The van der Waals surface area contributed by atoms with Gasteiger partial charge in [-0.2, -0.15) is 9.78 Å². The Kier molecular flexibility index (Phi) is 4.57. The second-order valence-electron chi connectivity index (χ2n) is 5.35. The molecule has 0 fully saturated rings. The molecule has 1 aromatic carbocycles. The lowest BCUT2D eigenvalue weighted by Gasteiger charge is -2.04. The summed E-state index contributed by atoms with van der Waals surface area (Å²) in [6, 6.07) is 5.75. The van der Waals surface area contributed by atoms with Crippen molar-refractivity contribution in [3.63, 3.8) is 0 Å². The fraction of sp³-hybridized carbons (Fsp3) is 0.143. The van der Waals surface area contributed by atoms with Gasteiger partial charge in [0.2, 0.25) is 11.6 Å². The quantitative estimate of drug-likeness (QED) is 0.369. The number of carbonyl (C=O) groups excluding carboxylic acids is 1. The molecule has 2 heterocycles. The van der Waals surface area contributed by atoms with Crippen LogP contribution in [0.5, 0.6) is 0 Å². The largest absolute Gasteiger partial charge is 0.378 e. The van der Waals surface area contributed by atoms with Gasteiger partial charge in [-0.15, -0.1) is 5.10 Å². The van der Waals surface area contributed by atoms with E-state index in [-0.39, 0.29) is 23.0 Å². The molecule has 0 radical (unpaired) electrons. The summed E-state index contributed by atoms with van der Waals surface area (Å²) in [6.07, 6.45) is 0. The molecule has 1 amide bonds. The number of rotatable bonds is 5. The van der Waals surface area contributed by atoms with Gasteiger partial charge in [0.05, 0.1) is 16.3 Å². The third-order valence-corrected chi connectivity index (χ3v) is 3.57. The van der Waals surface area contributed by atoms with Crippen molar-refractivity contribution >= 4 is 23.1 Å². The SMILES string of the molecule is C/C(=N\NC(=O)c1c(C)nnn1-c1nonc1N)c1ccc([N+](=O)[O-])cc1. The van der Waals surface area contributed by atoms with Crippen LogP contribution in [0.25, 0.3) is 5.82 Å². The molecule has 0 aliphatic heterocycles. The summed E-state index contributed by atoms with van der Waals surface area (Å²) in [5.74, 6) is -0.641. The maximum Gasteiger partial charge on any atom is 0.292 e. The molecule has 0 aliphatic rings. The van der Waals surface area contributed by atoms with Crippen LogP contribution in [0.1, 0.15) is 28.7 Å². The first kappa shape index (κ1) is 17.7. The molecule has 27 heavy (non-hydrogen) atoms. The van der Waals surface area contributed by atoms with E-state index in [9.17, 15) is 14.9 Å². The molecule has 138 valence electrons. The summed E-state index contributed by atoms with van der Waals surface area (Å²) in [5, 5.41) is 29.3. The first-order valence-corrected chi connectivity index (χ1v) is 7.48. The van der Waals surface area contributed by atoms with Crippen molar-refractivity contribution in [3.8, 4) is 5.82 Å². The van der Waals surface area contributed by atoms with Crippen LogP contribution in [0.4, 0.5) is 11.5 Å². The number of nitrogens with two attached hydrogens (primary N) is 1. The molecule has 13 heteroatoms. The molecule has 0 unspecified atom stereocenters.